The fourth-order valence-electron chi connectivity index (χ4n) is 3.55. The molecule has 3 heterocycles. The molecule has 5 rings (SSSR count). The van der Waals surface area contributed by atoms with E-state index >= 15 is 0 Å². The summed E-state index contributed by atoms with van der Waals surface area (Å²) < 4.78 is 17.3. The van der Waals surface area contributed by atoms with Crippen LogP contribution in [0.3, 0.4) is 0 Å². The topological polar surface area (TPSA) is 73.8 Å². The van der Waals surface area contributed by atoms with Crippen molar-refractivity contribution in [2.75, 3.05) is 18.8 Å². The predicted molar refractivity (Wildman–Crippen MR) is 128 cm³/mol. The molecule has 0 atom stereocenters. The zero-order valence-corrected chi connectivity index (χ0v) is 19.0. The number of fused-ring (bicyclic) bond motifs is 2. The molecule has 0 N–H and O–H groups in total. The normalized spacial score (nSPS) is 12.4. The predicted octanol–water partition coefficient (Wildman–Crippen LogP) is 4.98. The van der Waals surface area contributed by atoms with Crippen molar-refractivity contribution in [3.8, 4) is 17.2 Å². The minimum Gasteiger partial charge on any atom is -0.494 e. The van der Waals surface area contributed by atoms with Gasteiger partial charge in [-0.15, -0.1) is 0 Å². The zero-order chi connectivity index (χ0) is 22.8. The summed E-state index contributed by atoms with van der Waals surface area (Å²) in [6, 6.07) is 15.1. The lowest BCUT2D eigenvalue weighted by Crippen LogP contribution is -2.29. The SMILES string of the molecule is COc1ccc(C)c2sc(N(Cc3ccccn3)C(=O)/C=C/c3ccc4c(c3)OCO4)nc12. The van der Waals surface area contributed by atoms with E-state index in [-0.39, 0.29) is 12.7 Å². The summed E-state index contributed by atoms with van der Waals surface area (Å²) in [5.74, 6) is 1.85. The molecule has 0 unspecified atom stereocenters. The highest BCUT2D eigenvalue weighted by atomic mass is 32.1. The van der Waals surface area contributed by atoms with Crippen molar-refractivity contribution in [1.82, 2.24) is 9.97 Å². The van der Waals surface area contributed by atoms with E-state index in [1.165, 1.54) is 17.4 Å². The van der Waals surface area contributed by atoms with Crippen LogP contribution in [-0.4, -0.2) is 29.8 Å². The molecule has 166 valence electrons. The minimum absolute atomic E-state index is 0.200. The summed E-state index contributed by atoms with van der Waals surface area (Å²) in [5.41, 5.74) is 3.43. The van der Waals surface area contributed by atoms with E-state index < -0.39 is 0 Å². The Balaban J connectivity index is 1.50. The second kappa shape index (κ2) is 8.91. The summed E-state index contributed by atoms with van der Waals surface area (Å²) >= 11 is 1.46. The van der Waals surface area contributed by atoms with Crippen LogP contribution in [-0.2, 0) is 11.3 Å². The lowest BCUT2D eigenvalue weighted by atomic mass is 10.2. The van der Waals surface area contributed by atoms with Gasteiger partial charge in [0.15, 0.2) is 16.6 Å². The van der Waals surface area contributed by atoms with Gasteiger partial charge in [0.05, 0.1) is 24.0 Å². The third-order valence-corrected chi connectivity index (χ3v) is 6.48. The first-order chi connectivity index (χ1) is 16.1. The highest BCUT2D eigenvalue weighted by Gasteiger charge is 2.21. The third kappa shape index (κ3) is 4.25. The van der Waals surface area contributed by atoms with E-state index in [4.69, 9.17) is 19.2 Å². The van der Waals surface area contributed by atoms with E-state index in [9.17, 15) is 4.79 Å². The van der Waals surface area contributed by atoms with Gasteiger partial charge in [0, 0.05) is 12.3 Å². The lowest BCUT2D eigenvalue weighted by Gasteiger charge is -2.17. The van der Waals surface area contributed by atoms with Crippen LogP contribution >= 0.6 is 11.3 Å². The molecule has 0 bridgehead atoms. The average Bonchev–Trinajstić information content (AvgIpc) is 3.49. The van der Waals surface area contributed by atoms with Crippen molar-refractivity contribution < 1.29 is 19.0 Å². The van der Waals surface area contributed by atoms with E-state index in [1.807, 2.05) is 55.5 Å². The number of anilines is 1. The maximum absolute atomic E-state index is 13.4. The second-order valence-corrected chi connectivity index (χ2v) is 8.43. The van der Waals surface area contributed by atoms with Gasteiger partial charge in [0.1, 0.15) is 11.3 Å². The molecule has 2 aromatic heterocycles. The Labute approximate surface area is 194 Å². The van der Waals surface area contributed by atoms with E-state index in [2.05, 4.69) is 4.98 Å². The molecule has 0 spiro atoms. The number of aromatic nitrogens is 2. The Kier molecular flexibility index (Phi) is 5.66. The van der Waals surface area contributed by atoms with Gasteiger partial charge in [0.2, 0.25) is 6.79 Å². The molecule has 33 heavy (non-hydrogen) atoms. The van der Waals surface area contributed by atoms with Gasteiger partial charge >= 0.3 is 0 Å². The van der Waals surface area contributed by atoms with Gasteiger partial charge in [-0.1, -0.05) is 29.5 Å². The first kappa shape index (κ1) is 21.0. The molecule has 0 radical (unpaired) electrons. The first-order valence-electron chi connectivity index (χ1n) is 10.4. The number of aryl methyl sites for hydroxylation is 1. The van der Waals surface area contributed by atoms with Crippen molar-refractivity contribution in [2.45, 2.75) is 13.5 Å². The molecule has 0 fully saturated rings. The Hall–Kier alpha value is -3.91. The number of methoxy groups -OCH3 is 1. The molecule has 0 saturated carbocycles. The van der Waals surface area contributed by atoms with Crippen LogP contribution in [0.1, 0.15) is 16.8 Å². The number of amides is 1. The first-order valence-corrected chi connectivity index (χ1v) is 11.2. The van der Waals surface area contributed by atoms with Crippen LogP contribution in [0, 0.1) is 6.92 Å². The van der Waals surface area contributed by atoms with Gasteiger partial charge in [-0.25, -0.2) is 4.98 Å². The third-order valence-electron chi connectivity index (χ3n) is 5.27. The minimum atomic E-state index is -0.200. The van der Waals surface area contributed by atoms with Crippen LogP contribution < -0.4 is 19.1 Å². The Bertz CT molecular complexity index is 1350. The monoisotopic (exact) mass is 459 g/mol. The van der Waals surface area contributed by atoms with Gasteiger partial charge in [-0.05, 0) is 54.5 Å². The van der Waals surface area contributed by atoms with Crippen molar-refractivity contribution in [3.63, 3.8) is 0 Å². The second-order valence-electron chi connectivity index (χ2n) is 7.45. The van der Waals surface area contributed by atoms with Gasteiger partial charge < -0.3 is 14.2 Å². The van der Waals surface area contributed by atoms with Crippen molar-refractivity contribution in [2.24, 2.45) is 0 Å². The maximum atomic E-state index is 13.4. The lowest BCUT2D eigenvalue weighted by molar-refractivity contribution is -0.114. The van der Waals surface area contributed by atoms with Crippen LogP contribution in [0.25, 0.3) is 16.3 Å². The molecule has 1 aliphatic rings. The molecule has 7 nitrogen and oxygen atoms in total. The van der Waals surface area contributed by atoms with Crippen molar-refractivity contribution >= 4 is 38.7 Å². The fourth-order valence-corrected chi connectivity index (χ4v) is 4.60. The zero-order valence-electron chi connectivity index (χ0n) is 18.1. The number of thiazole rings is 1. The van der Waals surface area contributed by atoms with Gasteiger partial charge in [-0.3, -0.25) is 14.7 Å². The molecular formula is C25H21N3O4S. The number of benzene rings is 2. The van der Waals surface area contributed by atoms with Crippen LogP contribution in [0.4, 0.5) is 5.13 Å². The number of pyridine rings is 1. The maximum Gasteiger partial charge on any atom is 0.253 e. The number of carbonyl (C=O) groups excluding carboxylic acids is 1. The fraction of sp³-hybridized carbons (Fsp3) is 0.160. The van der Waals surface area contributed by atoms with Gasteiger partial charge in [-0.2, -0.15) is 0 Å². The number of hydrogen-bond donors (Lipinski definition) is 0. The van der Waals surface area contributed by atoms with E-state index in [0.29, 0.717) is 28.9 Å². The van der Waals surface area contributed by atoms with Crippen molar-refractivity contribution in [1.29, 1.82) is 0 Å². The van der Waals surface area contributed by atoms with E-state index in [0.717, 1.165) is 27.0 Å². The average molecular weight is 460 g/mol. The smallest absolute Gasteiger partial charge is 0.253 e. The largest absolute Gasteiger partial charge is 0.494 e. The molecule has 2 aromatic carbocycles. The number of carbonyl (C=O) groups is 1. The molecule has 0 saturated heterocycles. The number of hydrogen-bond acceptors (Lipinski definition) is 7. The summed E-state index contributed by atoms with van der Waals surface area (Å²) in [6.45, 7) is 2.53. The summed E-state index contributed by atoms with van der Waals surface area (Å²) in [6.07, 6.45) is 5.01. The Morgan fingerprint density at radius 2 is 2.06 bits per heavy atom. The number of ether oxygens (including phenoxy) is 3. The van der Waals surface area contributed by atoms with E-state index in [1.54, 1.807) is 24.3 Å². The standard InChI is InChI=1S/C25H21N3O4S/c1-16-6-9-20(30-2)23-24(16)33-25(27-23)28(14-18-5-3-4-12-26-18)22(29)11-8-17-7-10-19-21(13-17)32-15-31-19/h3-13H,14-15H2,1-2H3/b11-8+. The Morgan fingerprint density at radius 1 is 1.18 bits per heavy atom. The number of nitrogens with zero attached hydrogens (tertiary/aromatic N) is 3. The molecule has 4 aromatic rings. The van der Waals surface area contributed by atoms with Crippen LogP contribution in [0.15, 0.2) is 60.8 Å². The Morgan fingerprint density at radius 3 is 2.88 bits per heavy atom. The molecule has 1 aliphatic heterocycles. The summed E-state index contributed by atoms with van der Waals surface area (Å²) in [5, 5.41) is 0.587. The summed E-state index contributed by atoms with van der Waals surface area (Å²) in [4.78, 5) is 24.2. The van der Waals surface area contributed by atoms with Crippen molar-refractivity contribution in [3.05, 3.63) is 77.6 Å². The molecule has 1 amide bonds. The molecular weight excluding hydrogens is 438 g/mol. The van der Waals surface area contributed by atoms with Gasteiger partial charge in [0.25, 0.3) is 5.91 Å². The van der Waals surface area contributed by atoms with Crippen LogP contribution in [0.2, 0.25) is 0 Å². The molecule has 8 heteroatoms. The highest BCUT2D eigenvalue weighted by molar-refractivity contribution is 7.22. The highest BCUT2D eigenvalue weighted by Crippen LogP contribution is 2.37. The summed E-state index contributed by atoms with van der Waals surface area (Å²) in [7, 11) is 1.62. The van der Waals surface area contributed by atoms with Crippen LogP contribution in [0.5, 0.6) is 17.2 Å². The molecule has 0 aliphatic carbocycles. The number of rotatable bonds is 6. The quantitative estimate of drug-likeness (QED) is 0.379.